The molecule has 3 unspecified atom stereocenters. The zero-order chi connectivity index (χ0) is 58.6. The molecular weight excluding hydrogens is 1010 g/mol. The van der Waals surface area contributed by atoms with E-state index in [1.165, 1.54) is 186 Å². The Morgan fingerprint density at radius 3 is 1.23 bits per heavy atom. The van der Waals surface area contributed by atoms with Crippen molar-refractivity contribution < 1.29 is 37.3 Å². The van der Waals surface area contributed by atoms with Gasteiger partial charge in [-0.15, -0.1) is 0 Å². The van der Waals surface area contributed by atoms with Crippen LogP contribution in [0.4, 0.5) is 0 Å². The van der Waals surface area contributed by atoms with Gasteiger partial charge in [-0.2, -0.15) is 0 Å². The number of allylic oxidation sites excluding steroid dienone is 13. The van der Waals surface area contributed by atoms with Crippen molar-refractivity contribution in [3.63, 3.8) is 0 Å². The van der Waals surface area contributed by atoms with Gasteiger partial charge in [0.25, 0.3) is 7.82 Å². The van der Waals surface area contributed by atoms with Crippen LogP contribution in [0, 0.1) is 0 Å². The van der Waals surface area contributed by atoms with Gasteiger partial charge in [0.2, 0.25) is 5.91 Å². The third kappa shape index (κ3) is 59.8. The zero-order valence-electron chi connectivity index (χ0n) is 53.0. The Hall–Kier alpha value is -2.81. The molecule has 0 spiro atoms. The number of nitrogens with one attached hydrogen (secondary N) is 1. The molecule has 0 heterocycles. The van der Waals surface area contributed by atoms with Crippen LogP contribution in [0.25, 0.3) is 0 Å². The first kappa shape index (κ1) is 77.2. The van der Waals surface area contributed by atoms with Gasteiger partial charge in [0.05, 0.1) is 33.8 Å². The zero-order valence-corrected chi connectivity index (χ0v) is 53.9. The minimum absolute atomic E-state index is 0.0376. The molecule has 1 amide bonds. The van der Waals surface area contributed by atoms with E-state index in [1.807, 2.05) is 45.4 Å². The molecule has 0 aliphatic rings. The summed E-state index contributed by atoms with van der Waals surface area (Å²) in [5.41, 5.74) is 0. The molecule has 0 saturated carbocycles. The smallest absolute Gasteiger partial charge is 0.306 e. The van der Waals surface area contributed by atoms with E-state index >= 15 is 0 Å². The van der Waals surface area contributed by atoms with Crippen LogP contribution in [0.15, 0.2) is 85.1 Å². The topological polar surface area (TPSA) is 114 Å². The molecule has 0 aliphatic heterocycles. The number of ether oxygens (including phenoxy) is 1. The number of esters is 1. The summed E-state index contributed by atoms with van der Waals surface area (Å²) >= 11 is 0. The highest BCUT2D eigenvalue weighted by atomic mass is 31.2. The molecule has 0 aromatic heterocycles. The van der Waals surface area contributed by atoms with Gasteiger partial charge in [0.15, 0.2) is 0 Å². The molecule has 0 radical (unpaired) electrons. The van der Waals surface area contributed by atoms with Gasteiger partial charge < -0.3 is 28.5 Å². The van der Waals surface area contributed by atoms with Crippen LogP contribution in [-0.4, -0.2) is 69.4 Å². The lowest BCUT2D eigenvalue weighted by atomic mass is 10.0. The quantitative estimate of drug-likeness (QED) is 0.0212. The second-order valence-electron chi connectivity index (χ2n) is 23.6. The van der Waals surface area contributed by atoms with Crippen molar-refractivity contribution in [1.29, 1.82) is 0 Å². The molecule has 3 atom stereocenters. The van der Waals surface area contributed by atoms with E-state index in [1.54, 1.807) is 0 Å². The van der Waals surface area contributed by atoms with Crippen molar-refractivity contribution in [2.24, 2.45) is 0 Å². The number of carbonyl (C=O) groups is 2. The second kappa shape index (κ2) is 59.4. The fourth-order valence-corrected chi connectivity index (χ4v) is 10.2. The van der Waals surface area contributed by atoms with Gasteiger partial charge >= 0.3 is 5.97 Å². The largest absolute Gasteiger partial charge is 0.756 e. The van der Waals surface area contributed by atoms with Crippen molar-refractivity contribution in [2.75, 3.05) is 40.9 Å². The van der Waals surface area contributed by atoms with E-state index < -0.39 is 26.6 Å². The summed E-state index contributed by atoms with van der Waals surface area (Å²) in [4.78, 5) is 40.0. The number of quaternary nitrogens is 1. The van der Waals surface area contributed by atoms with Crippen LogP contribution in [0.1, 0.15) is 297 Å². The fraction of sp³-hybridized carbons (Fsp3) is 0.771. The Morgan fingerprint density at radius 2 is 0.812 bits per heavy atom. The molecule has 0 aromatic rings. The van der Waals surface area contributed by atoms with Gasteiger partial charge in [0.1, 0.15) is 19.3 Å². The normalized spacial score (nSPS) is 14.1. The van der Waals surface area contributed by atoms with Crippen LogP contribution >= 0.6 is 7.82 Å². The van der Waals surface area contributed by atoms with Crippen molar-refractivity contribution in [3.8, 4) is 0 Å². The van der Waals surface area contributed by atoms with Gasteiger partial charge in [0, 0.05) is 12.8 Å². The summed E-state index contributed by atoms with van der Waals surface area (Å²) < 4.78 is 30.3. The second-order valence-corrected chi connectivity index (χ2v) is 25.0. The summed E-state index contributed by atoms with van der Waals surface area (Å²) in [6.45, 7) is 6.69. The minimum Gasteiger partial charge on any atom is -0.756 e. The number of nitrogens with zero attached hydrogens (tertiary/aromatic N) is 1. The van der Waals surface area contributed by atoms with E-state index in [-0.39, 0.29) is 31.3 Å². The Kier molecular flexibility index (Phi) is 57.3. The van der Waals surface area contributed by atoms with E-state index in [9.17, 15) is 19.0 Å². The maximum atomic E-state index is 13.5. The number of hydrogen-bond acceptors (Lipinski definition) is 7. The van der Waals surface area contributed by atoms with Crippen molar-refractivity contribution in [2.45, 2.75) is 309 Å². The summed E-state index contributed by atoms with van der Waals surface area (Å²) in [5, 5.41) is 2.98. The Bertz CT molecular complexity index is 1640. The highest BCUT2D eigenvalue weighted by Crippen LogP contribution is 2.38. The molecule has 0 saturated heterocycles. The number of likely N-dealkylation sites (N-methyl/N-ethyl adjacent to an activating group) is 1. The highest BCUT2D eigenvalue weighted by Gasteiger charge is 2.27. The number of carbonyl (C=O) groups excluding carboxylic acids is 2. The van der Waals surface area contributed by atoms with Crippen LogP contribution in [-0.2, 0) is 27.9 Å². The third-order valence-corrected chi connectivity index (χ3v) is 15.5. The minimum atomic E-state index is -4.72. The van der Waals surface area contributed by atoms with Crippen LogP contribution in [0.3, 0.4) is 0 Å². The van der Waals surface area contributed by atoms with Crippen molar-refractivity contribution in [3.05, 3.63) is 85.1 Å². The number of amides is 1. The number of hydrogen-bond donors (Lipinski definition) is 1. The van der Waals surface area contributed by atoms with Crippen LogP contribution in [0.2, 0.25) is 0 Å². The maximum Gasteiger partial charge on any atom is 0.306 e. The molecular formula is C70H127N2O7P. The van der Waals surface area contributed by atoms with Crippen molar-refractivity contribution >= 4 is 19.7 Å². The van der Waals surface area contributed by atoms with E-state index in [4.69, 9.17) is 13.8 Å². The molecule has 0 fully saturated rings. The summed E-state index contributed by atoms with van der Waals surface area (Å²) in [5.74, 6) is -0.632. The number of rotatable bonds is 60. The van der Waals surface area contributed by atoms with Gasteiger partial charge in [-0.25, -0.2) is 0 Å². The lowest BCUT2D eigenvalue weighted by Gasteiger charge is -2.30. The van der Waals surface area contributed by atoms with E-state index in [0.29, 0.717) is 17.4 Å². The average molecular weight is 1140 g/mol. The molecule has 1 N–H and O–H groups in total. The molecule has 0 aliphatic carbocycles. The maximum absolute atomic E-state index is 13.5. The average Bonchev–Trinajstić information content (AvgIpc) is 3.42. The molecule has 464 valence electrons. The Labute approximate surface area is 495 Å². The fourth-order valence-electron chi connectivity index (χ4n) is 9.45. The van der Waals surface area contributed by atoms with Gasteiger partial charge in [-0.1, -0.05) is 280 Å². The number of phosphoric acid groups is 1. The number of unbranched alkanes of at least 4 members (excludes halogenated alkanes) is 32. The summed E-state index contributed by atoms with van der Waals surface area (Å²) in [6.07, 6.45) is 78.7. The standard InChI is InChI=1S/C70H127N2O7P/c1-7-10-13-16-19-22-25-28-30-32-33-34-35-36-37-38-39-40-42-45-48-51-54-57-60-63-70(74)79-68(61-58-55-52-49-46-43-27-24-21-18-15-12-9-3)67(66-78-80(75,76)77-65-64-72(4,5)6)71-69(73)62-59-56-53-50-47-44-41-31-29-26-23-20-17-14-11-8-2/h11,14,20,23,28-31,44,47,53,56,58,61,67-68H,7-10,12-13,15-19,21-22,24-27,32-43,45-46,48-52,54-55,57,59-60,62-66H2,1-6H3,(H-,71,73,75,76)/b14-11+,23-20+,30-28+,31-29+,47-44+,56-53+,61-58-. The Morgan fingerprint density at radius 1 is 0.450 bits per heavy atom. The van der Waals surface area contributed by atoms with Gasteiger partial charge in [-0.05, 0) is 89.5 Å². The first-order valence-electron chi connectivity index (χ1n) is 33.4. The third-order valence-electron chi connectivity index (χ3n) is 14.6. The molecule has 80 heavy (non-hydrogen) atoms. The molecule has 10 heteroatoms. The summed E-state index contributed by atoms with van der Waals surface area (Å²) in [7, 11) is 1.14. The molecule has 0 rings (SSSR count). The number of phosphoric ester groups is 1. The molecule has 0 aromatic carbocycles. The van der Waals surface area contributed by atoms with Gasteiger partial charge in [-0.3, -0.25) is 14.2 Å². The highest BCUT2D eigenvalue weighted by molar-refractivity contribution is 7.45. The molecule has 0 bridgehead atoms. The predicted molar refractivity (Wildman–Crippen MR) is 344 cm³/mol. The van der Waals surface area contributed by atoms with Crippen molar-refractivity contribution in [1.82, 2.24) is 5.32 Å². The van der Waals surface area contributed by atoms with E-state index in [2.05, 4.69) is 86.8 Å². The first-order valence-corrected chi connectivity index (χ1v) is 34.9. The lowest BCUT2D eigenvalue weighted by Crippen LogP contribution is -2.47. The molecule has 9 nitrogen and oxygen atoms in total. The summed E-state index contributed by atoms with van der Waals surface area (Å²) in [6, 6.07) is -0.931. The first-order chi connectivity index (χ1) is 38.9. The monoisotopic (exact) mass is 1140 g/mol. The van der Waals surface area contributed by atoms with E-state index in [0.717, 1.165) is 70.6 Å². The van der Waals surface area contributed by atoms with Crippen LogP contribution in [0.5, 0.6) is 0 Å². The van der Waals surface area contributed by atoms with Crippen LogP contribution < -0.4 is 10.2 Å². The SMILES string of the molecule is CC/C=C/C/C=C/C/C=C/C/C=C/C/C=C/CCC(=O)NC(COP(=O)([O-])OCC[N+](C)(C)C)C(/C=C\CCCCCCCCCCCCC)OC(=O)CCCCCCCCCCCCCCCCC/C=C/CCCCCCCC. The lowest BCUT2D eigenvalue weighted by molar-refractivity contribution is -0.870. The predicted octanol–water partition coefficient (Wildman–Crippen LogP) is 20.3. The Balaban J connectivity index is 5.19.